The fraction of sp³-hybridized carbons (Fsp3) is 0.286. The molecule has 0 aliphatic heterocycles. The van der Waals surface area contributed by atoms with Crippen molar-refractivity contribution in [1.29, 1.82) is 0 Å². The van der Waals surface area contributed by atoms with Crippen molar-refractivity contribution >= 4 is 0 Å². The minimum atomic E-state index is 0.698. The number of aromatic nitrogens is 1. The summed E-state index contributed by atoms with van der Waals surface area (Å²) in [5, 5.41) is 0. The Balaban J connectivity index is 2.17. The van der Waals surface area contributed by atoms with Crippen LogP contribution in [0.15, 0.2) is 36.5 Å². The largest absolute Gasteiger partial charge is 0.346 e. The van der Waals surface area contributed by atoms with E-state index in [-0.39, 0.29) is 0 Å². The fourth-order valence-corrected chi connectivity index (χ4v) is 2.61. The molecule has 2 heteroatoms. The molecule has 1 aromatic heterocycles. The normalized spacial score (nSPS) is 13.3. The molecule has 2 N–H and O–H groups in total. The highest BCUT2D eigenvalue weighted by Crippen LogP contribution is 2.33. The molecule has 0 saturated carbocycles. The van der Waals surface area contributed by atoms with Gasteiger partial charge in [0.25, 0.3) is 0 Å². The summed E-state index contributed by atoms with van der Waals surface area (Å²) in [5.74, 6) is 0. The van der Waals surface area contributed by atoms with Gasteiger partial charge in [-0.1, -0.05) is 24.3 Å². The number of aryl methyl sites for hydroxylation is 2. The van der Waals surface area contributed by atoms with Crippen LogP contribution in [-0.4, -0.2) is 11.1 Å². The van der Waals surface area contributed by atoms with Gasteiger partial charge in [-0.15, -0.1) is 0 Å². The van der Waals surface area contributed by atoms with Gasteiger partial charge in [0, 0.05) is 24.8 Å². The van der Waals surface area contributed by atoms with Crippen molar-refractivity contribution in [3.8, 4) is 11.3 Å². The summed E-state index contributed by atoms with van der Waals surface area (Å²) in [4.78, 5) is 0. The standard InChI is InChI=1S/C14H16N2/c15-8-10-16-9-7-12-6-5-11-3-1-2-4-13(11)14(12)16/h1-4,7,9H,5-6,8,10,15H2. The molecule has 1 heterocycles. The predicted octanol–water partition coefficient (Wildman–Crippen LogP) is 2.21. The molecule has 0 radical (unpaired) electrons. The molecule has 0 bridgehead atoms. The Morgan fingerprint density at radius 2 is 1.88 bits per heavy atom. The lowest BCUT2D eigenvalue weighted by atomic mass is 9.90. The summed E-state index contributed by atoms with van der Waals surface area (Å²) in [7, 11) is 0. The van der Waals surface area contributed by atoms with Crippen LogP contribution >= 0.6 is 0 Å². The second kappa shape index (κ2) is 3.80. The van der Waals surface area contributed by atoms with Gasteiger partial charge in [0.05, 0.1) is 5.69 Å². The first kappa shape index (κ1) is 9.67. The maximum absolute atomic E-state index is 5.65. The SMILES string of the molecule is NCCn1ccc2c1-c1ccccc1CC2. The van der Waals surface area contributed by atoms with Gasteiger partial charge in [0.15, 0.2) is 0 Å². The number of nitrogens with zero attached hydrogens (tertiary/aromatic N) is 1. The lowest BCUT2D eigenvalue weighted by Crippen LogP contribution is -2.12. The van der Waals surface area contributed by atoms with Crippen LogP contribution in [0, 0.1) is 0 Å². The van der Waals surface area contributed by atoms with Crippen LogP contribution < -0.4 is 5.73 Å². The van der Waals surface area contributed by atoms with E-state index in [1.165, 1.54) is 22.4 Å². The van der Waals surface area contributed by atoms with Crippen molar-refractivity contribution in [1.82, 2.24) is 4.57 Å². The summed E-state index contributed by atoms with van der Waals surface area (Å²) in [5.41, 5.74) is 11.4. The lowest BCUT2D eigenvalue weighted by molar-refractivity contribution is 0.714. The van der Waals surface area contributed by atoms with Crippen LogP contribution in [0.1, 0.15) is 11.1 Å². The van der Waals surface area contributed by atoms with Crippen LogP contribution in [0.5, 0.6) is 0 Å². The monoisotopic (exact) mass is 212 g/mol. The number of hydrogen-bond acceptors (Lipinski definition) is 1. The van der Waals surface area contributed by atoms with Gasteiger partial charge in [-0.2, -0.15) is 0 Å². The number of hydrogen-bond donors (Lipinski definition) is 1. The Labute approximate surface area is 95.7 Å². The van der Waals surface area contributed by atoms with E-state index in [1.807, 2.05) is 0 Å². The Hall–Kier alpha value is -1.54. The van der Waals surface area contributed by atoms with Crippen molar-refractivity contribution in [2.45, 2.75) is 19.4 Å². The average molecular weight is 212 g/mol. The molecule has 0 saturated heterocycles. The minimum Gasteiger partial charge on any atom is -0.346 e. The van der Waals surface area contributed by atoms with E-state index in [1.54, 1.807) is 0 Å². The molecule has 0 spiro atoms. The quantitative estimate of drug-likeness (QED) is 0.813. The molecule has 0 fully saturated rings. The molecule has 1 aliphatic rings. The molecule has 1 aliphatic carbocycles. The topological polar surface area (TPSA) is 30.9 Å². The molecule has 0 atom stereocenters. The first-order valence-corrected chi connectivity index (χ1v) is 5.86. The van der Waals surface area contributed by atoms with Gasteiger partial charge >= 0.3 is 0 Å². The Kier molecular flexibility index (Phi) is 2.29. The number of nitrogens with two attached hydrogens (primary N) is 1. The van der Waals surface area contributed by atoms with Gasteiger partial charge in [-0.05, 0) is 30.0 Å². The van der Waals surface area contributed by atoms with Gasteiger partial charge in [-0.25, -0.2) is 0 Å². The molecule has 3 rings (SSSR count). The number of benzene rings is 1. The van der Waals surface area contributed by atoms with Crippen molar-refractivity contribution in [3.05, 3.63) is 47.7 Å². The molecule has 2 nitrogen and oxygen atoms in total. The van der Waals surface area contributed by atoms with Crippen LogP contribution in [0.3, 0.4) is 0 Å². The maximum atomic E-state index is 5.65. The zero-order valence-corrected chi connectivity index (χ0v) is 9.32. The van der Waals surface area contributed by atoms with Crippen molar-refractivity contribution in [2.75, 3.05) is 6.54 Å². The van der Waals surface area contributed by atoms with Gasteiger partial charge in [0.1, 0.15) is 0 Å². The number of rotatable bonds is 2. The van der Waals surface area contributed by atoms with Crippen LogP contribution in [0.25, 0.3) is 11.3 Å². The molecule has 0 amide bonds. The third-order valence-corrected chi connectivity index (χ3v) is 3.35. The Morgan fingerprint density at radius 1 is 1.06 bits per heavy atom. The second-order valence-corrected chi connectivity index (χ2v) is 4.33. The van der Waals surface area contributed by atoms with E-state index in [4.69, 9.17) is 5.73 Å². The zero-order valence-electron chi connectivity index (χ0n) is 9.32. The lowest BCUT2D eigenvalue weighted by Gasteiger charge is -2.19. The van der Waals surface area contributed by atoms with Crippen LogP contribution in [0.4, 0.5) is 0 Å². The van der Waals surface area contributed by atoms with E-state index in [2.05, 4.69) is 41.1 Å². The van der Waals surface area contributed by atoms with E-state index in [0.29, 0.717) is 6.54 Å². The van der Waals surface area contributed by atoms with Crippen molar-refractivity contribution in [3.63, 3.8) is 0 Å². The molecule has 0 unspecified atom stereocenters. The third kappa shape index (κ3) is 1.38. The minimum absolute atomic E-state index is 0.698. The smallest absolute Gasteiger partial charge is 0.0516 e. The van der Waals surface area contributed by atoms with E-state index < -0.39 is 0 Å². The molecule has 82 valence electrons. The molecular formula is C14H16N2. The second-order valence-electron chi connectivity index (χ2n) is 4.33. The fourth-order valence-electron chi connectivity index (χ4n) is 2.61. The van der Waals surface area contributed by atoms with E-state index in [9.17, 15) is 0 Å². The van der Waals surface area contributed by atoms with Crippen LogP contribution in [-0.2, 0) is 19.4 Å². The first-order valence-electron chi connectivity index (χ1n) is 5.86. The summed E-state index contributed by atoms with van der Waals surface area (Å²) in [6, 6.07) is 10.9. The maximum Gasteiger partial charge on any atom is 0.0516 e. The number of fused-ring (bicyclic) bond motifs is 3. The summed E-state index contributed by atoms with van der Waals surface area (Å²) in [6.07, 6.45) is 4.49. The molecule has 16 heavy (non-hydrogen) atoms. The van der Waals surface area contributed by atoms with Gasteiger partial charge in [0.2, 0.25) is 0 Å². The van der Waals surface area contributed by atoms with Gasteiger partial charge in [-0.3, -0.25) is 0 Å². The highest BCUT2D eigenvalue weighted by Gasteiger charge is 2.18. The highest BCUT2D eigenvalue weighted by molar-refractivity contribution is 5.70. The third-order valence-electron chi connectivity index (χ3n) is 3.35. The van der Waals surface area contributed by atoms with E-state index in [0.717, 1.165) is 19.4 Å². The Bertz CT molecular complexity index is 511. The molecule has 1 aromatic carbocycles. The Morgan fingerprint density at radius 3 is 2.75 bits per heavy atom. The average Bonchev–Trinajstić information content (AvgIpc) is 2.73. The summed E-state index contributed by atoms with van der Waals surface area (Å²) >= 11 is 0. The highest BCUT2D eigenvalue weighted by atomic mass is 15.0. The van der Waals surface area contributed by atoms with Gasteiger partial charge < -0.3 is 10.3 Å². The first-order chi connectivity index (χ1) is 7.90. The summed E-state index contributed by atoms with van der Waals surface area (Å²) < 4.78 is 2.29. The summed E-state index contributed by atoms with van der Waals surface area (Å²) in [6.45, 7) is 1.60. The molecular weight excluding hydrogens is 196 g/mol. The van der Waals surface area contributed by atoms with Crippen molar-refractivity contribution in [2.24, 2.45) is 5.73 Å². The van der Waals surface area contributed by atoms with Crippen molar-refractivity contribution < 1.29 is 0 Å². The van der Waals surface area contributed by atoms with E-state index >= 15 is 0 Å². The predicted molar refractivity (Wildman–Crippen MR) is 66.3 cm³/mol. The molecule has 2 aromatic rings. The zero-order chi connectivity index (χ0) is 11.0. The van der Waals surface area contributed by atoms with Crippen LogP contribution in [0.2, 0.25) is 0 Å².